The molecule has 0 aliphatic rings. The highest BCUT2D eigenvalue weighted by atomic mass is 35.5. The van der Waals surface area contributed by atoms with Gasteiger partial charge in [0.2, 0.25) is 0 Å². The summed E-state index contributed by atoms with van der Waals surface area (Å²) in [5, 5.41) is 3.73. The number of hydrogen-bond donors (Lipinski definition) is 1. The van der Waals surface area contributed by atoms with Crippen molar-refractivity contribution in [2.24, 2.45) is 0 Å². The summed E-state index contributed by atoms with van der Waals surface area (Å²) < 4.78 is 5.27. The molecule has 1 atom stereocenters. The molecule has 1 aromatic rings. The first-order valence-corrected chi connectivity index (χ1v) is 5.09. The molecule has 0 radical (unpaired) electrons. The van der Waals surface area contributed by atoms with Gasteiger partial charge in [0, 0.05) is 6.04 Å². The van der Waals surface area contributed by atoms with Gasteiger partial charge in [-0.15, -0.1) is 6.42 Å². The van der Waals surface area contributed by atoms with Crippen molar-refractivity contribution in [2.75, 3.05) is 13.7 Å². The predicted molar refractivity (Wildman–Crippen MR) is 63.3 cm³/mol. The van der Waals surface area contributed by atoms with Crippen molar-refractivity contribution in [3.63, 3.8) is 0 Å². The minimum atomic E-state index is 0.237. The summed E-state index contributed by atoms with van der Waals surface area (Å²) >= 11 is 6.04. The number of rotatable bonds is 4. The summed E-state index contributed by atoms with van der Waals surface area (Å²) in [5.74, 6) is 3.03. The van der Waals surface area contributed by atoms with Gasteiger partial charge in [-0.25, -0.2) is 0 Å². The maximum atomic E-state index is 6.04. The smallest absolute Gasteiger partial charge is 0.148 e. The van der Waals surface area contributed by atoms with Gasteiger partial charge in [0.05, 0.1) is 5.02 Å². The SMILES string of the molecule is C#CCOc1ccc(C(C)NC)cc1Cl. The fourth-order valence-corrected chi connectivity index (χ4v) is 1.43. The van der Waals surface area contributed by atoms with Crippen molar-refractivity contribution < 1.29 is 4.74 Å². The molecule has 15 heavy (non-hydrogen) atoms. The van der Waals surface area contributed by atoms with Crippen LogP contribution in [0.15, 0.2) is 18.2 Å². The normalized spacial score (nSPS) is 11.9. The van der Waals surface area contributed by atoms with Gasteiger partial charge in [0.25, 0.3) is 0 Å². The molecule has 0 aliphatic carbocycles. The molecule has 1 unspecified atom stereocenters. The summed E-state index contributed by atoms with van der Waals surface area (Å²) in [4.78, 5) is 0. The topological polar surface area (TPSA) is 21.3 Å². The van der Waals surface area contributed by atoms with E-state index in [1.807, 2.05) is 25.2 Å². The van der Waals surface area contributed by atoms with Gasteiger partial charge in [-0.05, 0) is 31.7 Å². The first kappa shape index (κ1) is 11.9. The number of nitrogens with one attached hydrogen (secondary N) is 1. The van der Waals surface area contributed by atoms with E-state index in [2.05, 4.69) is 18.2 Å². The lowest BCUT2D eigenvalue weighted by Crippen LogP contribution is -2.12. The van der Waals surface area contributed by atoms with Crippen LogP contribution in [0.25, 0.3) is 0 Å². The third-order valence-electron chi connectivity index (χ3n) is 2.20. The van der Waals surface area contributed by atoms with Gasteiger partial charge < -0.3 is 10.1 Å². The Kier molecular flexibility index (Phi) is 4.48. The summed E-state index contributed by atoms with van der Waals surface area (Å²) in [6.45, 7) is 2.30. The van der Waals surface area contributed by atoms with Crippen molar-refractivity contribution in [3.05, 3.63) is 28.8 Å². The molecule has 0 aromatic heterocycles. The predicted octanol–water partition coefficient (Wildman–Crippen LogP) is 2.63. The molecule has 0 heterocycles. The fraction of sp³-hybridized carbons (Fsp3) is 0.333. The number of ether oxygens (including phenoxy) is 1. The molecule has 0 aliphatic heterocycles. The molecule has 80 valence electrons. The summed E-state index contributed by atoms with van der Waals surface area (Å²) in [5.41, 5.74) is 1.12. The van der Waals surface area contributed by atoms with Gasteiger partial charge >= 0.3 is 0 Å². The van der Waals surface area contributed by atoms with E-state index in [9.17, 15) is 0 Å². The first-order chi connectivity index (χ1) is 7.19. The summed E-state index contributed by atoms with van der Waals surface area (Å²) in [6.07, 6.45) is 5.10. The monoisotopic (exact) mass is 223 g/mol. The minimum Gasteiger partial charge on any atom is -0.479 e. The standard InChI is InChI=1S/C12H14ClNO/c1-4-7-15-12-6-5-10(8-11(12)13)9(2)14-3/h1,5-6,8-9,14H,7H2,2-3H3. The molecule has 0 fully saturated rings. The molecule has 0 saturated carbocycles. The summed E-state index contributed by atoms with van der Waals surface area (Å²) in [7, 11) is 1.90. The molecule has 0 saturated heterocycles. The Labute approximate surface area is 95.6 Å². The van der Waals surface area contributed by atoms with E-state index >= 15 is 0 Å². The van der Waals surface area contributed by atoms with E-state index in [4.69, 9.17) is 22.8 Å². The van der Waals surface area contributed by atoms with Crippen LogP contribution >= 0.6 is 11.6 Å². The second-order valence-corrected chi connectivity index (χ2v) is 3.60. The van der Waals surface area contributed by atoms with Crippen LogP contribution in [0.5, 0.6) is 5.75 Å². The Morgan fingerprint density at radius 1 is 1.60 bits per heavy atom. The third-order valence-corrected chi connectivity index (χ3v) is 2.50. The molecule has 1 N–H and O–H groups in total. The van der Waals surface area contributed by atoms with Crippen molar-refractivity contribution >= 4 is 11.6 Å². The zero-order chi connectivity index (χ0) is 11.3. The molecule has 2 nitrogen and oxygen atoms in total. The highest BCUT2D eigenvalue weighted by Gasteiger charge is 2.06. The number of halogens is 1. The van der Waals surface area contributed by atoms with Crippen LogP contribution in [0.3, 0.4) is 0 Å². The van der Waals surface area contributed by atoms with E-state index in [1.54, 1.807) is 0 Å². The quantitative estimate of drug-likeness (QED) is 0.793. The van der Waals surface area contributed by atoms with Crippen LogP contribution in [0, 0.1) is 12.3 Å². The molecule has 0 spiro atoms. The Hall–Kier alpha value is -1.17. The van der Waals surface area contributed by atoms with E-state index < -0.39 is 0 Å². The van der Waals surface area contributed by atoms with Crippen molar-refractivity contribution in [1.82, 2.24) is 5.32 Å². The van der Waals surface area contributed by atoms with Gasteiger partial charge in [0.1, 0.15) is 12.4 Å². The van der Waals surface area contributed by atoms with Gasteiger partial charge in [0.15, 0.2) is 0 Å². The van der Waals surface area contributed by atoms with E-state index in [0.717, 1.165) is 5.56 Å². The van der Waals surface area contributed by atoms with E-state index in [0.29, 0.717) is 10.8 Å². The van der Waals surface area contributed by atoms with Crippen molar-refractivity contribution in [2.45, 2.75) is 13.0 Å². The highest BCUT2D eigenvalue weighted by molar-refractivity contribution is 6.32. The maximum Gasteiger partial charge on any atom is 0.148 e. The third kappa shape index (κ3) is 3.16. The second-order valence-electron chi connectivity index (χ2n) is 3.19. The molecule has 1 aromatic carbocycles. The molecule has 0 bridgehead atoms. The van der Waals surface area contributed by atoms with E-state index in [1.165, 1.54) is 0 Å². The van der Waals surface area contributed by atoms with Gasteiger partial charge in [-0.2, -0.15) is 0 Å². The molecule has 1 rings (SSSR count). The lowest BCUT2D eigenvalue weighted by atomic mass is 10.1. The summed E-state index contributed by atoms with van der Waals surface area (Å²) in [6, 6.07) is 5.96. The van der Waals surface area contributed by atoms with Crippen molar-refractivity contribution in [1.29, 1.82) is 0 Å². The number of terminal acetylenes is 1. The minimum absolute atomic E-state index is 0.237. The Morgan fingerprint density at radius 2 is 2.33 bits per heavy atom. The van der Waals surface area contributed by atoms with Crippen LogP contribution in [0.4, 0.5) is 0 Å². The Balaban J connectivity index is 2.84. The first-order valence-electron chi connectivity index (χ1n) is 4.72. The lowest BCUT2D eigenvalue weighted by molar-refractivity contribution is 0.370. The molecule has 0 amide bonds. The van der Waals surface area contributed by atoms with Gasteiger partial charge in [-0.1, -0.05) is 23.6 Å². The van der Waals surface area contributed by atoms with Crippen LogP contribution < -0.4 is 10.1 Å². The van der Waals surface area contributed by atoms with Crippen molar-refractivity contribution in [3.8, 4) is 18.1 Å². The van der Waals surface area contributed by atoms with Crippen LogP contribution in [-0.2, 0) is 0 Å². The highest BCUT2D eigenvalue weighted by Crippen LogP contribution is 2.27. The van der Waals surface area contributed by atoms with Crippen LogP contribution in [0.2, 0.25) is 5.02 Å². The second kappa shape index (κ2) is 5.65. The molecular weight excluding hydrogens is 210 g/mol. The Bertz CT molecular complexity index is 370. The largest absolute Gasteiger partial charge is 0.479 e. The number of hydrogen-bond acceptors (Lipinski definition) is 2. The molecule has 3 heteroatoms. The van der Waals surface area contributed by atoms with Crippen LogP contribution in [0.1, 0.15) is 18.5 Å². The Morgan fingerprint density at radius 3 is 2.87 bits per heavy atom. The number of benzene rings is 1. The lowest BCUT2D eigenvalue weighted by Gasteiger charge is -2.12. The zero-order valence-electron chi connectivity index (χ0n) is 8.88. The maximum absolute atomic E-state index is 6.04. The van der Waals surface area contributed by atoms with E-state index in [-0.39, 0.29) is 12.6 Å². The van der Waals surface area contributed by atoms with Crippen LogP contribution in [-0.4, -0.2) is 13.7 Å². The molecular formula is C12H14ClNO. The fourth-order valence-electron chi connectivity index (χ4n) is 1.19. The average molecular weight is 224 g/mol. The zero-order valence-corrected chi connectivity index (χ0v) is 9.64. The van der Waals surface area contributed by atoms with Gasteiger partial charge in [-0.3, -0.25) is 0 Å². The average Bonchev–Trinajstić information content (AvgIpc) is 2.26.